The number of nitrogens with zero attached hydrogens (tertiary/aromatic N) is 2. The predicted octanol–water partition coefficient (Wildman–Crippen LogP) is 0.897. The molecule has 100 valence electrons. The zero-order valence-electron chi connectivity index (χ0n) is 10.4. The molecule has 0 radical (unpaired) electrons. The van der Waals surface area contributed by atoms with Crippen molar-refractivity contribution in [2.24, 2.45) is 0 Å². The van der Waals surface area contributed by atoms with Gasteiger partial charge in [-0.05, 0) is 19.8 Å². The molecule has 0 aromatic carbocycles. The molecule has 1 unspecified atom stereocenters. The first-order valence-electron chi connectivity index (χ1n) is 6.13. The third kappa shape index (κ3) is 3.10. The Morgan fingerprint density at radius 1 is 1.33 bits per heavy atom. The highest BCUT2D eigenvalue weighted by Gasteiger charge is 2.30. The van der Waals surface area contributed by atoms with Crippen LogP contribution in [0.3, 0.4) is 0 Å². The number of aromatic nitrogens is 2. The minimum atomic E-state index is -2.90. The standard InChI is InChI=1S/C11H18N4O2S/c1-2-13-10-7-12-8-11(15-10)14-6-9-4-3-5-18(9,16)17/h7-9H,2-6H2,1H3,(H2,13,14,15). The Morgan fingerprint density at radius 3 is 2.67 bits per heavy atom. The third-order valence-corrected chi connectivity index (χ3v) is 5.24. The van der Waals surface area contributed by atoms with Crippen LogP contribution >= 0.6 is 0 Å². The zero-order valence-corrected chi connectivity index (χ0v) is 11.2. The van der Waals surface area contributed by atoms with Crippen LogP contribution in [0.15, 0.2) is 12.4 Å². The first-order chi connectivity index (χ1) is 8.62. The Hall–Kier alpha value is -1.37. The summed E-state index contributed by atoms with van der Waals surface area (Å²) >= 11 is 0. The van der Waals surface area contributed by atoms with E-state index < -0.39 is 9.84 Å². The SMILES string of the molecule is CCNc1cncc(NCC2CCCS2(=O)=O)n1. The van der Waals surface area contributed by atoms with Gasteiger partial charge in [-0.25, -0.2) is 13.4 Å². The summed E-state index contributed by atoms with van der Waals surface area (Å²) in [6, 6.07) is 0. The van der Waals surface area contributed by atoms with Gasteiger partial charge in [0, 0.05) is 13.1 Å². The molecule has 7 heteroatoms. The number of hydrogen-bond donors (Lipinski definition) is 2. The van der Waals surface area contributed by atoms with Crippen molar-refractivity contribution in [3.63, 3.8) is 0 Å². The van der Waals surface area contributed by atoms with Crippen LogP contribution in [-0.2, 0) is 9.84 Å². The fourth-order valence-electron chi connectivity index (χ4n) is 2.02. The van der Waals surface area contributed by atoms with Gasteiger partial charge in [0.05, 0.1) is 23.4 Å². The molecule has 1 aromatic heterocycles. The lowest BCUT2D eigenvalue weighted by Crippen LogP contribution is -2.25. The fourth-order valence-corrected chi connectivity index (χ4v) is 3.79. The number of anilines is 2. The molecule has 18 heavy (non-hydrogen) atoms. The van der Waals surface area contributed by atoms with E-state index in [1.165, 1.54) is 0 Å². The topological polar surface area (TPSA) is 84.0 Å². The second-order valence-electron chi connectivity index (χ2n) is 4.33. The zero-order chi connectivity index (χ0) is 13.0. The summed E-state index contributed by atoms with van der Waals surface area (Å²) in [6.07, 6.45) is 4.73. The van der Waals surface area contributed by atoms with Gasteiger partial charge in [-0.1, -0.05) is 0 Å². The molecule has 1 aromatic rings. The summed E-state index contributed by atoms with van der Waals surface area (Å²) < 4.78 is 23.3. The van der Waals surface area contributed by atoms with Crippen molar-refractivity contribution in [1.29, 1.82) is 0 Å². The van der Waals surface area contributed by atoms with Gasteiger partial charge in [-0.3, -0.25) is 4.98 Å². The van der Waals surface area contributed by atoms with Crippen molar-refractivity contribution in [2.75, 3.05) is 29.5 Å². The van der Waals surface area contributed by atoms with Crippen LogP contribution < -0.4 is 10.6 Å². The van der Waals surface area contributed by atoms with Gasteiger partial charge in [0.15, 0.2) is 9.84 Å². The van der Waals surface area contributed by atoms with Crippen LogP contribution in [0, 0.1) is 0 Å². The third-order valence-electron chi connectivity index (χ3n) is 2.97. The Kier molecular flexibility index (Phi) is 4.00. The maximum Gasteiger partial charge on any atom is 0.154 e. The molecule has 0 saturated carbocycles. The summed E-state index contributed by atoms with van der Waals surface area (Å²) in [5, 5.41) is 5.82. The highest BCUT2D eigenvalue weighted by atomic mass is 32.2. The molecule has 6 nitrogen and oxygen atoms in total. The summed E-state index contributed by atoms with van der Waals surface area (Å²) in [4.78, 5) is 8.34. The van der Waals surface area contributed by atoms with Crippen LogP contribution in [0.1, 0.15) is 19.8 Å². The van der Waals surface area contributed by atoms with E-state index in [1.54, 1.807) is 12.4 Å². The second kappa shape index (κ2) is 5.51. The van der Waals surface area contributed by atoms with Crippen LogP contribution in [-0.4, -0.2) is 42.5 Å². The Balaban J connectivity index is 1.96. The molecule has 1 aliphatic rings. The maximum atomic E-state index is 11.7. The number of rotatable bonds is 5. The van der Waals surface area contributed by atoms with Crippen molar-refractivity contribution in [1.82, 2.24) is 9.97 Å². The molecule has 1 aliphatic heterocycles. The largest absolute Gasteiger partial charge is 0.369 e. The van der Waals surface area contributed by atoms with Crippen molar-refractivity contribution in [3.8, 4) is 0 Å². The van der Waals surface area contributed by atoms with Gasteiger partial charge in [0.25, 0.3) is 0 Å². The molecule has 1 fully saturated rings. The minimum Gasteiger partial charge on any atom is -0.369 e. The smallest absolute Gasteiger partial charge is 0.154 e. The second-order valence-corrected chi connectivity index (χ2v) is 6.73. The lowest BCUT2D eigenvalue weighted by Gasteiger charge is -2.11. The number of nitrogens with one attached hydrogen (secondary N) is 2. The summed E-state index contributed by atoms with van der Waals surface area (Å²) in [7, 11) is -2.90. The van der Waals surface area contributed by atoms with Gasteiger partial charge in [0.2, 0.25) is 0 Å². The Labute approximate surface area is 107 Å². The van der Waals surface area contributed by atoms with E-state index in [2.05, 4.69) is 20.6 Å². The molecule has 2 N–H and O–H groups in total. The molecule has 2 rings (SSSR count). The molecule has 0 bridgehead atoms. The van der Waals surface area contributed by atoms with Crippen LogP contribution in [0.2, 0.25) is 0 Å². The highest BCUT2D eigenvalue weighted by Crippen LogP contribution is 2.20. The number of hydrogen-bond acceptors (Lipinski definition) is 6. The van der Waals surface area contributed by atoms with E-state index in [-0.39, 0.29) is 5.25 Å². The Morgan fingerprint density at radius 2 is 2.06 bits per heavy atom. The van der Waals surface area contributed by atoms with Gasteiger partial charge in [-0.2, -0.15) is 0 Å². The quantitative estimate of drug-likeness (QED) is 0.827. The van der Waals surface area contributed by atoms with Crippen LogP contribution in [0.4, 0.5) is 11.6 Å². The van der Waals surface area contributed by atoms with Crippen molar-refractivity contribution in [2.45, 2.75) is 25.0 Å². The first kappa shape index (κ1) is 13.1. The number of sulfone groups is 1. The van der Waals surface area contributed by atoms with Crippen molar-refractivity contribution >= 4 is 21.5 Å². The fraction of sp³-hybridized carbons (Fsp3) is 0.636. The highest BCUT2D eigenvalue weighted by molar-refractivity contribution is 7.92. The predicted molar refractivity (Wildman–Crippen MR) is 71.5 cm³/mol. The monoisotopic (exact) mass is 270 g/mol. The molecule has 0 aliphatic carbocycles. The average molecular weight is 270 g/mol. The van der Waals surface area contributed by atoms with Gasteiger partial charge < -0.3 is 10.6 Å². The normalized spacial score (nSPS) is 21.7. The Bertz CT molecular complexity index is 504. The molecule has 0 amide bonds. The summed E-state index contributed by atoms with van der Waals surface area (Å²) in [5.74, 6) is 1.61. The maximum absolute atomic E-state index is 11.7. The molecule has 2 heterocycles. The summed E-state index contributed by atoms with van der Waals surface area (Å²) in [5.41, 5.74) is 0. The van der Waals surface area contributed by atoms with Gasteiger partial charge >= 0.3 is 0 Å². The first-order valence-corrected chi connectivity index (χ1v) is 7.84. The van der Waals surface area contributed by atoms with Crippen LogP contribution in [0.25, 0.3) is 0 Å². The van der Waals surface area contributed by atoms with E-state index in [9.17, 15) is 8.42 Å². The van der Waals surface area contributed by atoms with E-state index in [1.807, 2.05) is 6.92 Å². The molecule has 1 atom stereocenters. The van der Waals surface area contributed by atoms with Crippen molar-refractivity contribution in [3.05, 3.63) is 12.4 Å². The van der Waals surface area contributed by atoms with Crippen molar-refractivity contribution < 1.29 is 8.42 Å². The average Bonchev–Trinajstić information content (AvgIpc) is 2.67. The molecular formula is C11H18N4O2S. The lowest BCUT2D eigenvalue weighted by molar-refractivity contribution is 0.591. The molecular weight excluding hydrogens is 252 g/mol. The van der Waals surface area contributed by atoms with Gasteiger partial charge in [-0.15, -0.1) is 0 Å². The van der Waals surface area contributed by atoms with Crippen LogP contribution in [0.5, 0.6) is 0 Å². The summed E-state index contributed by atoms with van der Waals surface area (Å²) in [6.45, 7) is 3.16. The molecule has 1 saturated heterocycles. The molecule has 0 spiro atoms. The van der Waals surface area contributed by atoms with E-state index in [4.69, 9.17) is 0 Å². The van der Waals surface area contributed by atoms with E-state index in [0.717, 1.165) is 19.4 Å². The van der Waals surface area contributed by atoms with E-state index in [0.29, 0.717) is 23.9 Å². The van der Waals surface area contributed by atoms with E-state index >= 15 is 0 Å². The van der Waals surface area contributed by atoms with Gasteiger partial charge in [0.1, 0.15) is 11.6 Å². The minimum absolute atomic E-state index is 0.290. The lowest BCUT2D eigenvalue weighted by atomic mass is 10.2.